The highest BCUT2D eigenvalue weighted by atomic mass is 16.4. The number of hydrogen-bond donors (Lipinski definition) is 1. The predicted molar refractivity (Wildman–Crippen MR) is 47.2 cm³/mol. The van der Waals surface area contributed by atoms with Crippen LogP contribution < -0.4 is 0 Å². The van der Waals surface area contributed by atoms with Crippen LogP contribution in [0.2, 0.25) is 0 Å². The van der Waals surface area contributed by atoms with Crippen LogP contribution in [0.1, 0.15) is 19.8 Å². The molecule has 0 saturated carbocycles. The molecule has 1 unspecified atom stereocenters. The molecular formula is C9H13NO3. The van der Waals surface area contributed by atoms with E-state index in [2.05, 4.69) is 0 Å². The van der Waals surface area contributed by atoms with E-state index in [1.165, 1.54) is 0 Å². The number of carbonyl (C=O) groups excluding carboxylic acids is 1. The summed E-state index contributed by atoms with van der Waals surface area (Å²) in [5.74, 6) is -1.28. The molecule has 1 N–H and O–H groups in total. The van der Waals surface area contributed by atoms with Gasteiger partial charge in [0.25, 0.3) is 0 Å². The van der Waals surface area contributed by atoms with Gasteiger partial charge >= 0.3 is 5.97 Å². The molecule has 1 rings (SSSR count). The normalized spacial score (nSPS) is 22.5. The third kappa shape index (κ3) is 2.57. The summed E-state index contributed by atoms with van der Waals surface area (Å²) in [7, 11) is 0. The number of likely N-dealkylation sites (tertiary alicyclic amines) is 1. The zero-order chi connectivity index (χ0) is 9.84. The van der Waals surface area contributed by atoms with Gasteiger partial charge in [0.2, 0.25) is 5.91 Å². The Morgan fingerprint density at radius 3 is 2.62 bits per heavy atom. The average molecular weight is 183 g/mol. The molecule has 4 heteroatoms. The smallest absolute Gasteiger partial charge is 0.328 e. The van der Waals surface area contributed by atoms with Crippen LogP contribution in [0.3, 0.4) is 0 Å². The molecule has 13 heavy (non-hydrogen) atoms. The van der Waals surface area contributed by atoms with Crippen LogP contribution in [-0.4, -0.2) is 34.5 Å². The predicted octanol–water partition coefficient (Wildman–Crippen LogP) is 0.638. The van der Waals surface area contributed by atoms with Crippen molar-refractivity contribution in [1.29, 1.82) is 0 Å². The highest BCUT2D eigenvalue weighted by Crippen LogP contribution is 2.16. The van der Waals surface area contributed by atoms with Crippen LogP contribution in [0.15, 0.2) is 12.2 Å². The molecule has 4 nitrogen and oxygen atoms in total. The van der Waals surface area contributed by atoms with E-state index < -0.39 is 5.97 Å². The quantitative estimate of drug-likeness (QED) is 0.639. The zero-order valence-corrected chi connectivity index (χ0v) is 7.56. The fourth-order valence-electron chi connectivity index (χ4n) is 1.50. The molecule has 0 aromatic carbocycles. The Kier molecular flexibility index (Phi) is 3.06. The van der Waals surface area contributed by atoms with Crippen molar-refractivity contribution in [2.75, 3.05) is 6.54 Å². The number of hydrogen-bond acceptors (Lipinski definition) is 2. The molecule has 0 aromatic heterocycles. The lowest BCUT2D eigenvalue weighted by Gasteiger charge is -2.18. The second kappa shape index (κ2) is 4.07. The molecule has 0 bridgehead atoms. The lowest BCUT2D eigenvalue weighted by atomic mass is 10.2. The van der Waals surface area contributed by atoms with E-state index in [-0.39, 0.29) is 11.9 Å². The fraction of sp³-hybridized carbons (Fsp3) is 0.556. The average Bonchev–Trinajstić information content (AvgIpc) is 2.47. The largest absolute Gasteiger partial charge is 0.478 e. The van der Waals surface area contributed by atoms with Crippen molar-refractivity contribution >= 4 is 11.9 Å². The molecule has 0 radical (unpaired) electrons. The highest BCUT2D eigenvalue weighted by Gasteiger charge is 2.23. The van der Waals surface area contributed by atoms with E-state index in [1.807, 2.05) is 6.92 Å². The van der Waals surface area contributed by atoms with E-state index in [0.29, 0.717) is 0 Å². The van der Waals surface area contributed by atoms with Gasteiger partial charge in [-0.2, -0.15) is 0 Å². The Morgan fingerprint density at radius 1 is 1.46 bits per heavy atom. The third-order valence-electron chi connectivity index (χ3n) is 2.20. The molecule has 1 saturated heterocycles. The maximum Gasteiger partial charge on any atom is 0.328 e. The van der Waals surface area contributed by atoms with Gasteiger partial charge < -0.3 is 10.0 Å². The number of carboxylic acids is 1. The summed E-state index contributed by atoms with van der Waals surface area (Å²) < 4.78 is 0. The summed E-state index contributed by atoms with van der Waals surface area (Å²) in [6.07, 6.45) is 4.01. The minimum Gasteiger partial charge on any atom is -0.478 e. The number of amides is 1. The zero-order valence-electron chi connectivity index (χ0n) is 7.56. The molecule has 1 amide bonds. The number of carboxylic acid groups (broad SMARTS) is 1. The minimum absolute atomic E-state index is 0.201. The van der Waals surface area contributed by atoms with Crippen LogP contribution in [0, 0.1) is 0 Å². The van der Waals surface area contributed by atoms with Crippen LogP contribution in [0.5, 0.6) is 0 Å². The second-order valence-electron chi connectivity index (χ2n) is 3.19. The summed E-state index contributed by atoms with van der Waals surface area (Å²) in [4.78, 5) is 23.2. The van der Waals surface area contributed by atoms with E-state index in [0.717, 1.165) is 31.5 Å². The maximum atomic E-state index is 11.3. The number of aliphatic carboxylic acids is 1. The van der Waals surface area contributed by atoms with Crippen LogP contribution in [-0.2, 0) is 9.59 Å². The maximum absolute atomic E-state index is 11.3. The lowest BCUT2D eigenvalue weighted by Crippen LogP contribution is -2.32. The van der Waals surface area contributed by atoms with Gasteiger partial charge in [-0.1, -0.05) is 0 Å². The SMILES string of the molecule is CC1CCCN1C(=O)/C=C\C(=O)O. The number of carbonyl (C=O) groups is 2. The Bertz CT molecular complexity index is 247. The Morgan fingerprint density at radius 2 is 2.15 bits per heavy atom. The van der Waals surface area contributed by atoms with Crippen LogP contribution in [0.25, 0.3) is 0 Å². The summed E-state index contributed by atoms with van der Waals surface area (Å²) in [5.41, 5.74) is 0. The molecule has 72 valence electrons. The van der Waals surface area contributed by atoms with E-state index in [9.17, 15) is 9.59 Å². The molecule has 1 heterocycles. The lowest BCUT2D eigenvalue weighted by molar-refractivity contribution is -0.132. The van der Waals surface area contributed by atoms with E-state index in [1.54, 1.807) is 4.90 Å². The summed E-state index contributed by atoms with van der Waals surface area (Å²) in [6.45, 7) is 2.71. The number of nitrogens with zero attached hydrogens (tertiary/aromatic N) is 1. The first-order valence-corrected chi connectivity index (χ1v) is 4.33. The van der Waals surface area contributed by atoms with Crippen molar-refractivity contribution in [2.24, 2.45) is 0 Å². The summed E-state index contributed by atoms with van der Waals surface area (Å²) in [6, 6.07) is 0.242. The summed E-state index contributed by atoms with van der Waals surface area (Å²) >= 11 is 0. The Balaban J connectivity index is 2.52. The third-order valence-corrected chi connectivity index (χ3v) is 2.20. The standard InChI is InChI=1S/C9H13NO3/c1-7-3-2-6-10(7)8(11)4-5-9(12)13/h4-5,7H,2-3,6H2,1H3,(H,12,13)/b5-4-. The molecule has 0 aromatic rings. The van der Waals surface area contributed by atoms with Gasteiger partial charge in [0.1, 0.15) is 0 Å². The molecule has 1 fully saturated rings. The van der Waals surface area contributed by atoms with Crippen molar-refractivity contribution < 1.29 is 14.7 Å². The highest BCUT2D eigenvalue weighted by molar-refractivity contribution is 5.94. The molecule has 0 aliphatic carbocycles. The first-order valence-electron chi connectivity index (χ1n) is 4.33. The van der Waals surface area contributed by atoms with Crippen molar-refractivity contribution in [2.45, 2.75) is 25.8 Å². The van der Waals surface area contributed by atoms with Gasteiger partial charge in [0, 0.05) is 24.7 Å². The Hall–Kier alpha value is -1.32. The van der Waals surface area contributed by atoms with Crippen molar-refractivity contribution in [3.8, 4) is 0 Å². The monoisotopic (exact) mass is 183 g/mol. The minimum atomic E-state index is -1.08. The first-order chi connectivity index (χ1) is 6.11. The topological polar surface area (TPSA) is 57.6 Å². The van der Waals surface area contributed by atoms with Gasteiger partial charge in [-0.3, -0.25) is 4.79 Å². The van der Waals surface area contributed by atoms with Crippen molar-refractivity contribution in [3.05, 3.63) is 12.2 Å². The fourth-order valence-corrected chi connectivity index (χ4v) is 1.50. The van der Waals surface area contributed by atoms with Gasteiger partial charge in [-0.25, -0.2) is 4.79 Å². The second-order valence-corrected chi connectivity index (χ2v) is 3.19. The molecule has 0 spiro atoms. The molecule has 1 aliphatic heterocycles. The molecule has 1 atom stereocenters. The van der Waals surface area contributed by atoms with Crippen molar-refractivity contribution in [3.63, 3.8) is 0 Å². The first kappa shape index (κ1) is 9.77. The number of rotatable bonds is 2. The van der Waals surface area contributed by atoms with Gasteiger partial charge in [-0.15, -0.1) is 0 Å². The van der Waals surface area contributed by atoms with Crippen molar-refractivity contribution in [1.82, 2.24) is 4.90 Å². The van der Waals surface area contributed by atoms with E-state index >= 15 is 0 Å². The Labute approximate surface area is 76.8 Å². The van der Waals surface area contributed by atoms with Crippen LogP contribution >= 0.6 is 0 Å². The van der Waals surface area contributed by atoms with Gasteiger partial charge in [0.15, 0.2) is 0 Å². The van der Waals surface area contributed by atoms with Gasteiger partial charge in [-0.05, 0) is 19.8 Å². The molecular weight excluding hydrogens is 170 g/mol. The summed E-state index contributed by atoms with van der Waals surface area (Å²) in [5, 5.41) is 8.31. The van der Waals surface area contributed by atoms with E-state index in [4.69, 9.17) is 5.11 Å². The molecule has 1 aliphatic rings. The van der Waals surface area contributed by atoms with Gasteiger partial charge in [0.05, 0.1) is 0 Å². The van der Waals surface area contributed by atoms with Crippen LogP contribution in [0.4, 0.5) is 0 Å².